The average Bonchev–Trinajstić information content (AvgIpc) is 3.13. The summed E-state index contributed by atoms with van der Waals surface area (Å²) in [7, 11) is 1.06. The third-order valence-corrected chi connectivity index (χ3v) is 3.20. The second-order valence-corrected chi connectivity index (χ2v) is 4.94. The molecule has 0 unspecified atom stereocenters. The minimum absolute atomic E-state index is 0.186. The van der Waals surface area contributed by atoms with Crippen molar-refractivity contribution < 1.29 is 22.4 Å². The summed E-state index contributed by atoms with van der Waals surface area (Å²) in [5, 5.41) is 0.718. The van der Waals surface area contributed by atoms with Gasteiger partial charge in [-0.05, 0) is 12.1 Å². The van der Waals surface area contributed by atoms with Crippen molar-refractivity contribution in [1.29, 1.82) is 0 Å². The number of H-pyrrole nitrogens is 1. The van der Waals surface area contributed by atoms with Crippen LogP contribution in [0, 0.1) is 0 Å². The summed E-state index contributed by atoms with van der Waals surface area (Å²) in [5.41, 5.74) is 1.62. The lowest BCUT2D eigenvalue weighted by atomic mass is 10.1. The zero-order valence-corrected chi connectivity index (χ0v) is 11.9. The van der Waals surface area contributed by atoms with Crippen LogP contribution in [0.4, 0.5) is 13.2 Å². The Morgan fingerprint density at radius 2 is 2.17 bits per heavy atom. The van der Waals surface area contributed by atoms with Crippen LogP contribution in [0.1, 0.15) is 10.6 Å². The van der Waals surface area contributed by atoms with Crippen LogP contribution >= 0.6 is 0 Å². The molecule has 23 heavy (non-hydrogen) atoms. The molecule has 3 aromatic rings. The highest BCUT2D eigenvalue weighted by Crippen LogP contribution is 2.27. The fourth-order valence-electron chi connectivity index (χ4n) is 2.20. The van der Waals surface area contributed by atoms with E-state index < -0.39 is 18.6 Å². The van der Waals surface area contributed by atoms with Crippen LogP contribution in [0.5, 0.6) is 0 Å². The maximum absolute atomic E-state index is 12.3. The summed E-state index contributed by atoms with van der Waals surface area (Å²) in [5.74, 6) is -1.04. The van der Waals surface area contributed by atoms with Gasteiger partial charge in [0, 0.05) is 24.2 Å². The van der Waals surface area contributed by atoms with E-state index in [1.807, 2.05) is 0 Å². The van der Waals surface area contributed by atoms with Crippen LogP contribution in [0.15, 0.2) is 35.3 Å². The van der Waals surface area contributed by atoms with Crippen LogP contribution in [0.2, 0.25) is 0 Å². The van der Waals surface area contributed by atoms with E-state index in [-0.39, 0.29) is 5.76 Å². The highest BCUT2D eigenvalue weighted by molar-refractivity contribution is 5.95. The maximum Gasteiger partial charge on any atom is 0.406 e. The van der Waals surface area contributed by atoms with Crippen LogP contribution in [0.25, 0.3) is 22.3 Å². The van der Waals surface area contributed by atoms with Crippen molar-refractivity contribution in [2.45, 2.75) is 6.18 Å². The molecule has 0 aromatic carbocycles. The smallest absolute Gasteiger partial charge is 0.406 e. The molecule has 3 aromatic heterocycles. The van der Waals surface area contributed by atoms with Crippen LogP contribution in [-0.4, -0.2) is 45.5 Å². The third-order valence-electron chi connectivity index (χ3n) is 3.20. The molecule has 0 aliphatic rings. The van der Waals surface area contributed by atoms with E-state index >= 15 is 0 Å². The van der Waals surface area contributed by atoms with E-state index in [9.17, 15) is 18.0 Å². The molecule has 0 aliphatic heterocycles. The molecule has 0 atom stereocenters. The highest BCUT2D eigenvalue weighted by Gasteiger charge is 2.32. The number of hydrogen-bond acceptors (Lipinski definition) is 4. The first-order chi connectivity index (χ1) is 10.8. The van der Waals surface area contributed by atoms with Gasteiger partial charge in [-0.15, -0.1) is 0 Å². The highest BCUT2D eigenvalue weighted by atomic mass is 19.4. The van der Waals surface area contributed by atoms with Gasteiger partial charge in [-0.25, -0.2) is 9.97 Å². The molecule has 1 amide bonds. The number of nitrogens with one attached hydrogen (secondary N) is 1. The van der Waals surface area contributed by atoms with Gasteiger partial charge >= 0.3 is 6.18 Å². The number of amides is 1. The summed E-state index contributed by atoms with van der Waals surface area (Å²) in [4.78, 5) is 23.6. The molecule has 0 radical (unpaired) electrons. The number of carbonyl (C=O) groups is 1. The summed E-state index contributed by atoms with van der Waals surface area (Å²) < 4.78 is 42.2. The lowest BCUT2D eigenvalue weighted by Gasteiger charge is -2.17. The number of carbonyl (C=O) groups excluding carboxylic acids is 1. The Bertz CT molecular complexity index is 853. The Balaban J connectivity index is 1.89. The van der Waals surface area contributed by atoms with Crippen LogP contribution in [0.3, 0.4) is 0 Å². The van der Waals surface area contributed by atoms with Crippen molar-refractivity contribution in [3.8, 4) is 11.3 Å². The molecular weight excluding hydrogens is 313 g/mol. The first-order valence-corrected chi connectivity index (χ1v) is 6.54. The number of nitrogens with zero attached hydrogens (tertiary/aromatic N) is 3. The number of alkyl halides is 3. The average molecular weight is 324 g/mol. The van der Waals surface area contributed by atoms with Gasteiger partial charge in [-0.3, -0.25) is 4.79 Å². The topological polar surface area (TPSA) is 75.0 Å². The van der Waals surface area contributed by atoms with Gasteiger partial charge in [0.15, 0.2) is 5.76 Å². The molecule has 0 saturated carbocycles. The second-order valence-electron chi connectivity index (χ2n) is 4.94. The van der Waals surface area contributed by atoms with Gasteiger partial charge < -0.3 is 14.3 Å². The minimum Gasteiger partial charge on any atom is -0.458 e. The fraction of sp³-hybridized carbons (Fsp3) is 0.214. The number of furan rings is 1. The van der Waals surface area contributed by atoms with Crippen molar-refractivity contribution in [2.24, 2.45) is 0 Å². The lowest BCUT2D eigenvalue weighted by Crippen LogP contribution is -2.35. The normalized spacial score (nSPS) is 11.8. The zero-order valence-electron chi connectivity index (χ0n) is 11.9. The van der Waals surface area contributed by atoms with Crippen molar-refractivity contribution >= 4 is 16.9 Å². The zero-order chi connectivity index (χ0) is 16.6. The summed E-state index contributed by atoms with van der Waals surface area (Å²) >= 11 is 0. The molecule has 0 aliphatic carbocycles. The van der Waals surface area contributed by atoms with Crippen molar-refractivity contribution in [2.75, 3.05) is 13.6 Å². The molecule has 3 rings (SSSR count). The van der Waals surface area contributed by atoms with Gasteiger partial charge in [0.05, 0.1) is 5.69 Å². The van der Waals surface area contributed by atoms with Crippen molar-refractivity contribution in [1.82, 2.24) is 19.9 Å². The largest absolute Gasteiger partial charge is 0.458 e. The predicted octanol–water partition coefficient (Wildman–Crippen LogP) is 2.85. The Hall–Kier alpha value is -2.84. The van der Waals surface area contributed by atoms with E-state index in [1.165, 1.54) is 18.7 Å². The maximum atomic E-state index is 12.3. The van der Waals surface area contributed by atoms with Gasteiger partial charge in [0.1, 0.15) is 24.8 Å². The molecule has 0 fully saturated rings. The van der Waals surface area contributed by atoms with Gasteiger partial charge in [-0.2, -0.15) is 13.2 Å². The number of rotatable bonds is 3. The first-order valence-electron chi connectivity index (χ1n) is 6.54. The first kappa shape index (κ1) is 15.1. The summed E-state index contributed by atoms with van der Waals surface area (Å²) in [6, 6.07) is 3.12. The Kier molecular flexibility index (Phi) is 3.55. The molecule has 0 spiro atoms. The quantitative estimate of drug-likeness (QED) is 0.804. The Labute approximate surface area is 127 Å². The second kappa shape index (κ2) is 5.41. The van der Waals surface area contributed by atoms with E-state index in [4.69, 9.17) is 4.42 Å². The molecule has 120 valence electrons. The van der Waals surface area contributed by atoms with Crippen molar-refractivity contribution in [3.05, 3.63) is 36.7 Å². The number of fused-ring (bicyclic) bond motifs is 1. The molecule has 0 bridgehead atoms. The van der Waals surface area contributed by atoms with E-state index in [0.717, 1.165) is 12.4 Å². The molecule has 0 saturated heterocycles. The lowest BCUT2D eigenvalue weighted by molar-refractivity contribution is -0.138. The van der Waals surface area contributed by atoms with E-state index in [2.05, 4.69) is 15.0 Å². The number of hydrogen-bond donors (Lipinski definition) is 1. The number of halogens is 3. The fourth-order valence-corrected chi connectivity index (χ4v) is 2.20. The minimum atomic E-state index is -4.47. The van der Waals surface area contributed by atoms with Crippen LogP contribution < -0.4 is 0 Å². The van der Waals surface area contributed by atoms with Crippen molar-refractivity contribution in [3.63, 3.8) is 0 Å². The monoisotopic (exact) mass is 324 g/mol. The standard InChI is InChI=1S/C14H11F3N4O2/c1-21(6-14(15,16)17)13(22)10-4-8(5-23-10)11-9-2-3-18-12(9)20-7-19-11/h2-5,7H,6H2,1H3,(H,18,19,20). The SMILES string of the molecule is CN(CC(F)(F)F)C(=O)c1cc(-c2ncnc3[nH]ccc23)co1. The van der Waals surface area contributed by atoms with Gasteiger partial charge in [0.25, 0.3) is 5.91 Å². The molecule has 1 N–H and O–H groups in total. The number of aromatic amines is 1. The molecular formula is C14H11F3N4O2. The number of aromatic nitrogens is 3. The van der Waals surface area contributed by atoms with Gasteiger partial charge in [0.2, 0.25) is 0 Å². The van der Waals surface area contributed by atoms with E-state index in [1.54, 1.807) is 12.3 Å². The summed E-state index contributed by atoms with van der Waals surface area (Å²) in [6.07, 6.45) is -0.155. The Morgan fingerprint density at radius 3 is 2.91 bits per heavy atom. The summed E-state index contributed by atoms with van der Waals surface area (Å²) in [6.45, 7) is -1.35. The molecule has 6 nitrogen and oxygen atoms in total. The Morgan fingerprint density at radius 1 is 1.39 bits per heavy atom. The van der Waals surface area contributed by atoms with E-state index in [0.29, 0.717) is 21.8 Å². The third kappa shape index (κ3) is 3.03. The van der Waals surface area contributed by atoms with Gasteiger partial charge in [-0.1, -0.05) is 0 Å². The molecule has 9 heteroatoms. The predicted molar refractivity (Wildman–Crippen MR) is 74.6 cm³/mol. The molecule has 3 heterocycles. The van der Waals surface area contributed by atoms with Crippen LogP contribution in [-0.2, 0) is 0 Å².